The zero-order valence-corrected chi connectivity index (χ0v) is 27.1. The number of aromatic nitrogens is 4. The van der Waals surface area contributed by atoms with Crippen molar-refractivity contribution in [3.8, 4) is 11.3 Å². The Labute approximate surface area is 275 Å². The number of nitrogens with one attached hydrogen (secondary N) is 2. The number of likely N-dealkylation sites (tertiary alicyclic amines) is 1. The molecular formula is C34H44ClN9O2. The van der Waals surface area contributed by atoms with Crippen molar-refractivity contribution in [2.45, 2.75) is 69.5 Å². The lowest BCUT2D eigenvalue weighted by molar-refractivity contribution is -0.132. The van der Waals surface area contributed by atoms with E-state index in [1.54, 1.807) is 23.0 Å². The molecule has 2 N–H and O–H groups in total. The number of fused-ring (bicyclic) bond motifs is 1. The van der Waals surface area contributed by atoms with Gasteiger partial charge in [0.15, 0.2) is 0 Å². The van der Waals surface area contributed by atoms with Gasteiger partial charge in [0.1, 0.15) is 0 Å². The van der Waals surface area contributed by atoms with E-state index in [9.17, 15) is 9.59 Å². The van der Waals surface area contributed by atoms with Crippen molar-refractivity contribution in [2.75, 3.05) is 51.1 Å². The molecule has 244 valence electrons. The summed E-state index contributed by atoms with van der Waals surface area (Å²) in [5, 5.41) is 11.7. The molecule has 0 unspecified atom stereocenters. The van der Waals surface area contributed by atoms with E-state index in [0.717, 1.165) is 75.5 Å². The molecule has 12 heteroatoms. The first-order chi connectivity index (χ1) is 22.5. The van der Waals surface area contributed by atoms with Crippen LogP contribution in [0.25, 0.3) is 16.8 Å². The van der Waals surface area contributed by atoms with Crippen LogP contribution in [0.2, 0.25) is 5.02 Å². The van der Waals surface area contributed by atoms with E-state index >= 15 is 0 Å². The quantitative estimate of drug-likeness (QED) is 0.338. The average molecular weight is 646 g/mol. The van der Waals surface area contributed by atoms with Crippen molar-refractivity contribution >= 4 is 34.9 Å². The monoisotopic (exact) mass is 645 g/mol. The molecule has 4 aliphatic rings. The van der Waals surface area contributed by atoms with Crippen LogP contribution in [0, 0.1) is 5.92 Å². The topological polar surface area (TPSA) is 111 Å². The Hall–Kier alpha value is -3.54. The van der Waals surface area contributed by atoms with Crippen molar-refractivity contribution in [1.82, 2.24) is 39.6 Å². The number of hydrogen-bond acceptors (Lipinski definition) is 8. The summed E-state index contributed by atoms with van der Waals surface area (Å²) in [7, 11) is 0. The normalized spacial score (nSPS) is 23.6. The van der Waals surface area contributed by atoms with Crippen LogP contribution in [0.4, 0.5) is 5.95 Å². The Kier molecular flexibility index (Phi) is 9.50. The third kappa shape index (κ3) is 7.37. The molecule has 2 saturated heterocycles. The lowest BCUT2D eigenvalue weighted by atomic mass is 9.89. The zero-order chi connectivity index (χ0) is 31.5. The van der Waals surface area contributed by atoms with Gasteiger partial charge in [-0.15, -0.1) is 0 Å². The smallest absolute Gasteiger partial charge is 0.246 e. The second-order valence-electron chi connectivity index (χ2n) is 13.3. The Balaban J connectivity index is 0.856. The third-order valence-electron chi connectivity index (χ3n) is 10.1. The number of amides is 2. The van der Waals surface area contributed by atoms with Gasteiger partial charge in [-0.1, -0.05) is 23.7 Å². The second kappa shape index (κ2) is 14.1. The molecule has 2 aliphatic heterocycles. The molecule has 3 aromatic rings. The Morgan fingerprint density at radius 1 is 0.957 bits per heavy atom. The van der Waals surface area contributed by atoms with E-state index in [1.807, 2.05) is 35.4 Å². The second-order valence-corrected chi connectivity index (χ2v) is 13.7. The highest BCUT2D eigenvalue weighted by Crippen LogP contribution is 2.31. The van der Waals surface area contributed by atoms with Gasteiger partial charge in [0, 0.05) is 87.7 Å². The summed E-state index contributed by atoms with van der Waals surface area (Å²) in [6.07, 6.45) is 16.9. The maximum Gasteiger partial charge on any atom is 0.246 e. The molecule has 5 heterocycles. The summed E-state index contributed by atoms with van der Waals surface area (Å²) in [4.78, 5) is 42.2. The molecule has 2 atom stereocenters. The molecular weight excluding hydrogens is 602 g/mol. The van der Waals surface area contributed by atoms with Gasteiger partial charge < -0.3 is 15.5 Å². The number of pyridine rings is 1. The standard InChI is InChI=1S/C34H44ClN9O2/c35-29-23-36-34(40-32(29)28-22-37-44-14-2-1-7-30(28)44)39-26-6-3-5-25(21-26)38-33(46)24-11-15-43(16-12-24)31(45)8-4-13-41-17-19-42(20-18-41)27-9-10-27/h1-2,4,7-8,14,22-27H,3,5-6,9-13,15-21H2,(H,38,46)(H,36,39,40)/b8-4+/t25-,26+/m0/s1. The summed E-state index contributed by atoms with van der Waals surface area (Å²) in [6, 6.07) is 6.95. The molecule has 0 spiro atoms. The van der Waals surface area contributed by atoms with E-state index in [-0.39, 0.29) is 29.8 Å². The largest absolute Gasteiger partial charge is 0.353 e. The van der Waals surface area contributed by atoms with Gasteiger partial charge in [-0.3, -0.25) is 19.4 Å². The molecule has 2 amide bonds. The Morgan fingerprint density at radius 3 is 2.57 bits per heavy atom. The maximum atomic E-state index is 13.2. The highest BCUT2D eigenvalue weighted by Gasteiger charge is 2.32. The Bertz CT molecular complexity index is 1560. The molecule has 11 nitrogen and oxygen atoms in total. The number of rotatable bonds is 9. The highest BCUT2D eigenvalue weighted by molar-refractivity contribution is 6.33. The minimum Gasteiger partial charge on any atom is -0.353 e. The summed E-state index contributed by atoms with van der Waals surface area (Å²) < 4.78 is 1.80. The van der Waals surface area contributed by atoms with Gasteiger partial charge in [0.2, 0.25) is 17.8 Å². The predicted molar refractivity (Wildman–Crippen MR) is 179 cm³/mol. The number of nitrogens with zero attached hydrogens (tertiary/aromatic N) is 7. The summed E-state index contributed by atoms with van der Waals surface area (Å²) in [5.74, 6) is 0.633. The number of hydrogen-bond donors (Lipinski definition) is 2. The van der Waals surface area contributed by atoms with Crippen molar-refractivity contribution in [1.29, 1.82) is 0 Å². The first kappa shape index (κ1) is 31.1. The summed E-state index contributed by atoms with van der Waals surface area (Å²) >= 11 is 6.51. The molecule has 4 fully saturated rings. The molecule has 7 rings (SSSR count). The van der Waals surface area contributed by atoms with Gasteiger partial charge in [0.25, 0.3) is 0 Å². The molecule has 3 aromatic heterocycles. The molecule has 0 aromatic carbocycles. The first-order valence-electron chi connectivity index (χ1n) is 16.9. The van der Waals surface area contributed by atoms with Crippen molar-refractivity contribution < 1.29 is 9.59 Å². The maximum absolute atomic E-state index is 13.2. The molecule has 0 bridgehead atoms. The van der Waals surface area contributed by atoms with Crippen LogP contribution in [-0.4, -0.2) is 110 Å². The average Bonchev–Trinajstić information content (AvgIpc) is 3.85. The van der Waals surface area contributed by atoms with Crippen LogP contribution in [0.3, 0.4) is 0 Å². The fourth-order valence-electron chi connectivity index (χ4n) is 7.22. The van der Waals surface area contributed by atoms with Crippen molar-refractivity contribution in [3.05, 3.63) is 54.0 Å². The number of halogens is 1. The van der Waals surface area contributed by atoms with Crippen molar-refractivity contribution in [2.24, 2.45) is 5.92 Å². The van der Waals surface area contributed by atoms with E-state index in [4.69, 9.17) is 16.6 Å². The van der Waals surface area contributed by atoms with Crippen molar-refractivity contribution in [3.63, 3.8) is 0 Å². The molecule has 46 heavy (non-hydrogen) atoms. The van der Waals surface area contributed by atoms with Gasteiger partial charge >= 0.3 is 0 Å². The van der Waals surface area contributed by atoms with Gasteiger partial charge in [-0.25, -0.2) is 14.5 Å². The summed E-state index contributed by atoms with van der Waals surface area (Å²) in [6.45, 7) is 6.51. The van der Waals surface area contributed by atoms with Gasteiger partial charge in [-0.2, -0.15) is 5.10 Å². The van der Waals surface area contributed by atoms with Gasteiger partial charge in [0.05, 0.1) is 28.6 Å². The lowest BCUT2D eigenvalue weighted by Crippen LogP contribution is -2.47. The fraction of sp³-hybridized carbons (Fsp3) is 0.559. The minimum atomic E-state index is -0.0582. The molecule has 2 saturated carbocycles. The van der Waals surface area contributed by atoms with Crippen LogP contribution < -0.4 is 10.6 Å². The number of carbonyl (C=O) groups is 2. The number of carbonyl (C=O) groups excluding carboxylic acids is 2. The first-order valence-corrected chi connectivity index (χ1v) is 17.3. The number of piperazine rings is 1. The molecule has 0 radical (unpaired) electrons. The van der Waals surface area contributed by atoms with Crippen LogP contribution >= 0.6 is 11.6 Å². The highest BCUT2D eigenvalue weighted by atomic mass is 35.5. The van der Waals surface area contributed by atoms with Crippen LogP contribution in [-0.2, 0) is 9.59 Å². The number of piperidine rings is 1. The molecule has 2 aliphatic carbocycles. The van der Waals surface area contributed by atoms with Crippen LogP contribution in [0.15, 0.2) is 48.9 Å². The third-order valence-corrected chi connectivity index (χ3v) is 10.3. The predicted octanol–water partition coefficient (Wildman–Crippen LogP) is 3.86. The fourth-order valence-corrected chi connectivity index (χ4v) is 7.41. The minimum absolute atomic E-state index is 0.0582. The van der Waals surface area contributed by atoms with E-state index < -0.39 is 0 Å². The van der Waals surface area contributed by atoms with E-state index in [2.05, 4.69) is 30.5 Å². The van der Waals surface area contributed by atoms with E-state index in [1.165, 1.54) is 12.8 Å². The lowest BCUT2D eigenvalue weighted by Gasteiger charge is -2.34. The SMILES string of the molecule is O=C(N[C@H]1CCC[C@@H](Nc2ncc(Cl)c(-c3cnn4ccccc34)n2)C1)C1CCN(C(=O)/C=C/CN2CCN(C3CC3)CC2)CC1. The summed E-state index contributed by atoms with van der Waals surface area (Å²) in [5.41, 5.74) is 2.42. The van der Waals surface area contributed by atoms with Gasteiger partial charge in [-0.05, 0) is 63.5 Å². The van der Waals surface area contributed by atoms with Crippen LogP contribution in [0.1, 0.15) is 51.4 Å². The van der Waals surface area contributed by atoms with E-state index in [0.29, 0.717) is 42.6 Å². The Morgan fingerprint density at radius 2 is 1.76 bits per heavy atom. The van der Waals surface area contributed by atoms with Crippen LogP contribution in [0.5, 0.6) is 0 Å². The number of anilines is 1. The zero-order valence-electron chi connectivity index (χ0n) is 26.4.